The Hall–Kier alpha value is -0.420. The molecule has 0 radical (unpaired) electrons. The van der Waals surface area contributed by atoms with Crippen molar-refractivity contribution >= 4 is 17.9 Å². The van der Waals surface area contributed by atoms with Crippen molar-refractivity contribution in [3.05, 3.63) is 0 Å². The van der Waals surface area contributed by atoms with Crippen LogP contribution < -0.4 is 5.32 Å². The first-order valence-electron chi connectivity index (χ1n) is 8.50. The molecule has 0 spiro atoms. The summed E-state index contributed by atoms with van der Waals surface area (Å²) in [7, 11) is 0. The summed E-state index contributed by atoms with van der Waals surface area (Å²) in [5.74, 6) is 1.24. The number of carbonyl (C=O) groups is 1. The average Bonchev–Trinajstić information content (AvgIpc) is 2.81. The molecule has 1 amide bonds. The van der Waals surface area contributed by atoms with E-state index in [0.717, 1.165) is 37.7 Å². The number of hydrogen-bond donors (Lipinski definition) is 1. The van der Waals surface area contributed by atoms with Crippen LogP contribution in [0.25, 0.3) is 0 Å². The fourth-order valence-corrected chi connectivity index (χ4v) is 4.27. The van der Waals surface area contributed by atoms with Gasteiger partial charge in [0.15, 0.2) is 0 Å². The van der Waals surface area contributed by atoms with Gasteiger partial charge in [0.1, 0.15) is 5.60 Å². The van der Waals surface area contributed by atoms with Crippen molar-refractivity contribution in [3.63, 3.8) is 0 Å². The molecule has 2 rings (SSSR count). The van der Waals surface area contributed by atoms with E-state index in [1.54, 1.807) is 0 Å². The number of carbonyl (C=O) groups excluding carboxylic acids is 1. The van der Waals surface area contributed by atoms with Crippen LogP contribution in [0.5, 0.6) is 0 Å². The summed E-state index contributed by atoms with van der Waals surface area (Å²) in [5, 5.41) is 4.54. The lowest BCUT2D eigenvalue weighted by Gasteiger charge is -2.40. The molecule has 128 valence electrons. The Morgan fingerprint density at radius 2 is 2.00 bits per heavy atom. The van der Waals surface area contributed by atoms with Crippen LogP contribution in [-0.4, -0.2) is 53.3 Å². The Labute approximate surface area is 139 Å². The molecular weight excluding hydrogens is 296 g/mol. The van der Waals surface area contributed by atoms with E-state index in [2.05, 4.69) is 30.9 Å². The van der Waals surface area contributed by atoms with Crippen LogP contribution >= 0.6 is 11.8 Å². The first-order valence-corrected chi connectivity index (χ1v) is 9.55. The lowest BCUT2D eigenvalue weighted by Crippen LogP contribution is -2.48. The first-order chi connectivity index (χ1) is 10.2. The summed E-state index contributed by atoms with van der Waals surface area (Å²) in [6.07, 6.45) is 3.22. The van der Waals surface area contributed by atoms with Gasteiger partial charge in [-0.15, -0.1) is 0 Å². The standard InChI is InChI=1S/C17H32N2O2S/c1-13-10-14(11-22-13)18-12-17(5)6-8-19(9-7-17)15(20)21-16(2,3)4/h13-14,18H,6-12H2,1-5H3. The summed E-state index contributed by atoms with van der Waals surface area (Å²) in [6, 6.07) is 0.667. The molecule has 22 heavy (non-hydrogen) atoms. The van der Waals surface area contributed by atoms with E-state index in [1.165, 1.54) is 12.2 Å². The van der Waals surface area contributed by atoms with Crippen LogP contribution in [0.2, 0.25) is 0 Å². The number of thioether (sulfide) groups is 1. The Balaban J connectivity index is 1.74. The topological polar surface area (TPSA) is 41.6 Å². The maximum atomic E-state index is 12.1. The second-order valence-electron chi connectivity index (χ2n) is 8.24. The minimum Gasteiger partial charge on any atom is -0.444 e. The van der Waals surface area contributed by atoms with Crippen molar-refractivity contribution in [2.45, 2.75) is 70.8 Å². The van der Waals surface area contributed by atoms with Crippen molar-refractivity contribution in [2.24, 2.45) is 5.41 Å². The van der Waals surface area contributed by atoms with Crippen LogP contribution in [-0.2, 0) is 4.74 Å². The number of amides is 1. The molecule has 2 aliphatic rings. The van der Waals surface area contributed by atoms with Crippen molar-refractivity contribution < 1.29 is 9.53 Å². The molecule has 5 heteroatoms. The van der Waals surface area contributed by atoms with Gasteiger partial charge in [-0.05, 0) is 45.4 Å². The summed E-state index contributed by atoms with van der Waals surface area (Å²) < 4.78 is 5.47. The third-order valence-corrected chi connectivity index (χ3v) is 5.99. The molecule has 2 atom stereocenters. The van der Waals surface area contributed by atoms with E-state index in [9.17, 15) is 4.79 Å². The van der Waals surface area contributed by atoms with Crippen LogP contribution in [0.1, 0.15) is 53.9 Å². The number of nitrogens with zero attached hydrogens (tertiary/aromatic N) is 1. The van der Waals surface area contributed by atoms with Crippen LogP contribution in [0, 0.1) is 5.41 Å². The zero-order valence-corrected chi connectivity index (χ0v) is 15.6. The zero-order valence-electron chi connectivity index (χ0n) is 14.8. The first kappa shape index (κ1) is 17.9. The second kappa shape index (κ2) is 7.00. The largest absolute Gasteiger partial charge is 0.444 e. The lowest BCUT2D eigenvalue weighted by molar-refractivity contribution is 0.0118. The van der Waals surface area contributed by atoms with Gasteiger partial charge in [0.25, 0.3) is 0 Å². The fraction of sp³-hybridized carbons (Fsp3) is 0.941. The van der Waals surface area contributed by atoms with E-state index < -0.39 is 5.60 Å². The number of piperidine rings is 1. The summed E-state index contributed by atoms with van der Waals surface area (Å²) in [5.41, 5.74) is -0.106. The zero-order chi connectivity index (χ0) is 16.4. The summed E-state index contributed by atoms with van der Waals surface area (Å²) in [6.45, 7) is 13.1. The Bertz CT molecular complexity index is 387. The summed E-state index contributed by atoms with van der Waals surface area (Å²) in [4.78, 5) is 14.0. The molecule has 0 bridgehead atoms. The molecule has 0 aromatic rings. The van der Waals surface area contributed by atoms with Gasteiger partial charge >= 0.3 is 6.09 Å². The van der Waals surface area contributed by atoms with Gasteiger partial charge in [-0.3, -0.25) is 0 Å². The predicted octanol–water partition coefficient (Wildman–Crippen LogP) is 3.51. The van der Waals surface area contributed by atoms with Crippen LogP contribution in [0.15, 0.2) is 0 Å². The molecule has 2 aliphatic heterocycles. The fourth-order valence-electron chi connectivity index (χ4n) is 3.08. The molecule has 0 aliphatic carbocycles. The van der Waals surface area contributed by atoms with Crippen molar-refractivity contribution in [1.29, 1.82) is 0 Å². The molecule has 0 aromatic carbocycles. The highest BCUT2D eigenvalue weighted by Gasteiger charge is 2.34. The minimum atomic E-state index is -0.407. The quantitative estimate of drug-likeness (QED) is 0.861. The van der Waals surface area contributed by atoms with Gasteiger partial charge in [-0.25, -0.2) is 4.79 Å². The molecule has 1 N–H and O–H groups in total. The number of nitrogens with one attached hydrogen (secondary N) is 1. The number of hydrogen-bond acceptors (Lipinski definition) is 4. The number of rotatable bonds is 3. The molecule has 2 heterocycles. The molecular formula is C17H32N2O2S. The molecule has 2 fully saturated rings. The summed E-state index contributed by atoms with van der Waals surface area (Å²) >= 11 is 2.07. The van der Waals surface area contributed by atoms with Gasteiger partial charge < -0.3 is 15.0 Å². The van der Waals surface area contributed by atoms with E-state index in [-0.39, 0.29) is 6.09 Å². The van der Waals surface area contributed by atoms with Crippen molar-refractivity contribution in [2.75, 3.05) is 25.4 Å². The third-order valence-electron chi connectivity index (χ3n) is 4.64. The highest BCUT2D eigenvalue weighted by Crippen LogP contribution is 2.32. The normalized spacial score (nSPS) is 28.7. The highest BCUT2D eigenvalue weighted by atomic mass is 32.2. The number of likely N-dealkylation sites (tertiary alicyclic amines) is 1. The molecule has 0 saturated carbocycles. The van der Waals surface area contributed by atoms with Crippen molar-refractivity contribution in [1.82, 2.24) is 10.2 Å². The van der Waals surface area contributed by atoms with Crippen LogP contribution in [0.4, 0.5) is 4.79 Å². The molecule has 2 saturated heterocycles. The van der Waals surface area contributed by atoms with Crippen molar-refractivity contribution in [3.8, 4) is 0 Å². The van der Waals surface area contributed by atoms with Gasteiger partial charge in [0.05, 0.1) is 0 Å². The Morgan fingerprint density at radius 1 is 1.36 bits per heavy atom. The van der Waals surface area contributed by atoms with Gasteiger partial charge in [-0.2, -0.15) is 11.8 Å². The van der Waals surface area contributed by atoms with E-state index in [0.29, 0.717) is 11.5 Å². The van der Waals surface area contributed by atoms with Gasteiger partial charge in [0.2, 0.25) is 0 Å². The smallest absolute Gasteiger partial charge is 0.410 e. The highest BCUT2D eigenvalue weighted by molar-refractivity contribution is 8.00. The van der Waals surface area contributed by atoms with Gasteiger partial charge in [-0.1, -0.05) is 13.8 Å². The minimum absolute atomic E-state index is 0.163. The lowest BCUT2D eigenvalue weighted by atomic mass is 9.80. The molecule has 4 nitrogen and oxygen atoms in total. The predicted molar refractivity (Wildman–Crippen MR) is 93.5 cm³/mol. The number of ether oxygens (including phenoxy) is 1. The average molecular weight is 329 g/mol. The molecule has 0 aromatic heterocycles. The maximum Gasteiger partial charge on any atom is 0.410 e. The van der Waals surface area contributed by atoms with E-state index in [1.807, 2.05) is 25.7 Å². The molecule has 2 unspecified atom stereocenters. The third kappa shape index (κ3) is 5.34. The Kier molecular flexibility index (Phi) is 5.70. The van der Waals surface area contributed by atoms with E-state index in [4.69, 9.17) is 4.74 Å². The second-order valence-corrected chi connectivity index (χ2v) is 9.71. The monoisotopic (exact) mass is 328 g/mol. The Morgan fingerprint density at radius 3 is 2.50 bits per heavy atom. The maximum absolute atomic E-state index is 12.1. The SMILES string of the molecule is CC1CC(NCC2(C)CCN(C(=O)OC(C)(C)C)CC2)CS1. The van der Waals surface area contributed by atoms with E-state index >= 15 is 0 Å². The van der Waals surface area contributed by atoms with Crippen LogP contribution in [0.3, 0.4) is 0 Å². The van der Waals surface area contributed by atoms with Gasteiger partial charge in [0, 0.05) is 36.7 Å².